The van der Waals surface area contributed by atoms with Gasteiger partial charge in [-0.3, -0.25) is 0 Å². The average Bonchev–Trinajstić information content (AvgIpc) is 3.14. The summed E-state index contributed by atoms with van der Waals surface area (Å²) in [5.41, 5.74) is 2.04. The Kier molecular flexibility index (Phi) is 6.22. The zero-order chi connectivity index (χ0) is 23.6. The molecule has 0 fully saturated rings. The minimum Gasteiger partial charge on any atom is -0.493 e. The number of hydrogen-bond acceptors (Lipinski definition) is 7. The molecule has 3 aromatic rings. The van der Waals surface area contributed by atoms with Crippen molar-refractivity contribution in [1.82, 2.24) is 0 Å². The number of hydrogen-bond donors (Lipinski definition) is 0. The zero-order valence-electron chi connectivity index (χ0n) is 17.6. The molecule has 0 radical (unpaired) electrons. The highest BCUT2D eigenvalue weighted by Crippen LogP contribution is 2.32. The molecule has 1 aliphatic heterocycles. The molecule has 0 atom stereocenters. The number of halogens is 1. The van der Waals surface area contributed by atoms with Crippen molar-refractivity contribution in [2.75, 3.05) is 7.11 Å². The van der Waals surface area contributed by atoms with Crippen LogP contribution in [-0.4, -0.2) is 27.4 Å². The number of aryl methyl sites for hydroxylation is 1. The Hall–Kier alpha value is -3.62. The molecule has 1 aliphatic rings. The van der Waals surface area contributed by atoms with E-state index in [1.54, 1.807) is 42.5 Å². The van der Waals surface area contributed by atoms with Gasteiger partial charge in [0.1, 0.15) is 4.90 Å². The van der Waals surface area contributed by atoms with Crippen LogP contribution in [0.2, 0.25) is 5.02 Å². The van der Waals surface area contributed by atoms with Crippen molar-refractivity contribution < 1.29 is 26.9 Å². The lowest BCUT2D eigenvalue weighted by Gasteiger charge is -2.11. The van der Waals surface area contributed by atoms with Gasteiger partial charge in [-0.15, -0.1) is 0 Å². The van der Waals surface area contributed by atoms with Crippen LogP contribution in [0.25, 0.3) is 6.08 Å². The van der Waals surface area contributed by atoms with Gasteiger partial charge in [-0.05, 0) is 67.1 Å². The maximum atomic E-state index is 12.7. The molecule has 0 spiro atoms. The van der Waals surface area contributed by atoms with E-state index >= 15 is 0 Å². The molecule has 0 saturated carbocycles. The molecular formula is C24H18ClNO6S. The Morgan fingerprint density at radius 3 is 2.33 bits per heavy atom. The van der Waals surface area contributed by atoms with Gasteiger partial charge in [0.05, 0.1) is 7.11 Å². The second-order valence-corrected chi connectivity index (χ2v) is 9.09. The molecule has 3 aromatic carbocycles. The Morgan fingerprint density at radius 2 is 1.67 bits per heavy atom. The largest absolute Gasteiger partial charge is 0.493 e. The molecule has 0 aromatic heterocycles. The molecular weight excluding hydrogens is 466 g/mol. The lowest BCUT2D eigenvalue weighted by molar-refractivity contribution is -0.129. The van der Waals surface area contributed by atoms with Gasteiger partial charge in [0, 0.05) is 10.6 Å². The standard InChI is InChI=1S/C24H18ClNO6S/c1-15-3-10-19(11-4-15)33(28,29)32-22-14-16(5-12-21(22)30-2)13-20-24(27)31-23(26-20)17-6-8-18(25)9-7-17/h3-14H,1-2H3/b20-13+. The number of rotatable bonds is 6. The first-order chi connectivity index (χ1) is 15.7. The van der Waals surface area contributed by atoms with Gasteiger partial charge in [0.2, 0.25) is 5.90 Å². The molecule has 0 saturated heterocycles. The van der Waals surface area contributed by atoms with Crippen LogP contribution in [-0.2, 0) is 19.6 Å². The van der Waals surface area contributed by atoms with Crippen LogP contribution in [0.5, 0.6) is 11.5 Å². The summed E-state index contributed by atoms with van der Waals surface area (Å²) >= 11 is 5.89. The van der Waals surface area contributed by atoms with E-state index in [0.717, 1.165) is 5.56 Å². The Bertz CT molecular complexity index is 1380. The summed E-state index contributed by atoms with van der Waals surface area (Å²) in [6, 6.07) is 17.6. The lowest BCUT2D eigenvalue weighted by atomic mass is 10.1. The third kappa shape index (κ3) is 5.08. The van der Waals surface area contributed by atoms with E-state index in [9.17, 15) is 13.2 Å². The van der Waals surface area contributed by atoms with Crippen LogP contribution in [0.4, 0.5) is 0 Å². The highest BCUT2D eigenvalue weighted by molar-refractivity contribution is 7.87. The van der Waals surface area contributed by atoms with E-state index in [1.807, 2.05) is 6.92 Å². The van der Waals surface area contributed by atoms with Crippen molar-refractivity contribution in [3.63, 3.8) is 0 Å². The zero-order valence-corrected chi connectivity index (χ0v) is 19.2. The number of aliphatic imine (C=N–C) groups is 1. The third-order valence-corrected chi connectivity index (χ3v) is 6.21. The molecule has 33 heavy (non-hydrogen) atoms. The summed E-state index contributed by atoms with van der Waals surface area (Å²) in [6.07, 6.45) is 1.47. The van der Waals surface area contributed by atoms with Gasteiger partial charge in [0.15, 0.2) is 17.2 Å². The molecule has 0 amide bonds. The van der Waals surface area contributed by atoms with Gasteiger partial charge in [0.25, 0.3) is 0 Å². The predicted octanol–water partition coefficient (Wildman–Crippen LogP) is 4.77. The average molecular weight is 484 g/mol. The maximum Gasteiger partial charge on any atom is 0.363 e. The van der Waals surface area contributed by atoms with Gasteiger partial charge in [-0.1, -0.05) is 35.4 Å². The minimum atomic E-state index is -4.10. The van der Waals surface area contributed by atoms with E-state index in [2.05, 4.69) is 4.99 Å². The van der Waals surface area contributed by atoms with Crippen LogP contribution in [0, 0.1) is 6.92 Å². The highest BCUT2D eigenvalue weighted by atomic mass is 35.5. The van der Waals surface area contributed by atoms with Crippen molar-refractivity contribution in [1.29, 1.82) is 0 Å². The van der Waals surface area contributed by atoms with Crippen LogP contribution < -0.4 is 8.92 Å². The quantitative estimate of drug-likeness (QED) is 0.285. The smallest absolute Gasteiger partial charge is 0.363 e. The van der Waals surface area contributed by atoms with E-state index in [4.69, 9.17) is 25.3 Å². The molecule has 1 heterocycles. The Labute approximate surface area is 196 Å². The van der Waals surface area contributed by atoms with Gasteiger partial charge < -0.3 is 13.7 Å². The third-order valence-electron chi connectivity index (χ3n) is 4.71. The van der Waals surface area contributed by atoms with E-state index in [1.165, 1.54) is 37.5 Å². The number of benzene rings is 3. The fourth-order valence-electron chi connectivity index (χ4n) is 3.00. The van der Waals surface area contributed by atoms with Gasteiger partial charge >= 0.3 is 16.1 Å². The van der Waals surface area contributed by atoms with Crippen molar-refractivity contribution >= 4 is 39.7 Å². The molecule has 9 heteroatoms. The number of ether oxygens (including phenoxy) is 2. The number of carbonyl (C=O) groups excluding carboxylic acids is 1. The summed E-state index contributed by atoms with van der Waals surface area (Å²) in [6.45, 7) is 1.85. The number of carbonyl (C=O) groups is 1. The number of cyclic esters (lactones) is 1. The summed E-state index contributed by atoms with van der Waals surface area (Å²) in [5.74, 6) is -0.298. The maximum absolute atomic E-state index is 12.7. The fraction of sp³-hybridized carbons (Fsp3) is 0.0833. The Balaban J connectivity index is 1.65. The van der Waals surface area contributed by atoms with E-state index < -0.39 is 16.1 Å². The summed E-state index contributed by atoms with van der Waals surface area (Å²) in [4.78, 5) is 16.5. The van der Waals surface area contributed by atoms with Crippen molar-refractivity contribution in [2.45, 2.75) is 11.8 Å². The first-order valence-corrected chi connectivity index (χ1v) is 11.5. The van der Waals surface area contributed by atoms with Crippen molar-refractivity contribution in [3.05, 3.63) is 94.1 Å². The second kappa shape index (κ2) is 9.09. The van der Waals surface area contributed by atoms with Crippen LogP contribution >= 0.6 is 11.6 Å². The molecule has 7 nitrogen and oxygen atoms in total. The van der Waals surface area contributed by atoms with Gasteiger partial charge in [-0.2, -0.15) is 8.42 Å². The van der Waals surface area contributed by atoms with Crippen LogP contribution in [0.3, 0.4) is 0 Å². The highest BCUT2D eigenvalue weighted by Gasteiger charge is 2.25. The number of esters is 1. The van der Waals surface area contributed by atoms with Crippen molar-refractivity contribution in [2.24, 2.45) is 4.99 Å². The van der Waals surface area contributed by atoms with Crippen LogP contribution in [0.1, 0.15) is 16.7 Å². The van der Waals surface area contributed by atoms with E-state index in [0.29, 0.717) is 16.1 Å². The summed E-state index contributed by atoms with van der Waals surface area (Å²) in [7, 11) is -2.70. The molecule has 168 valence electrons. The van der Waals surface area contributed by atoms with E-state index in [-0.39, 0.29) is 28.0 Å². The van der Waals surface area contributed by atoms with Crippen molar-refractivity contribution in [3.8, 4) is 11.5 Å². The SMILES string of the molecule is COc1ccc(/C=C2/N=C(c3ccc(Cl)cc3)OC2=O)cc1OS(=O)(=O)c1ccc(C)cc1. The lowest BCUT2D eigenvalue weighted by Crippen LogP contribution is -2.10. The first-order valence-electron chi connectivity index (χ1n) is 9.73. The molecule has 0 aliphatic carbocycles. The van der Waals surface area contributed by atoms with Gasteiger partial charge in [-0.25, -0.2) is 9.79 Å². The Morgan fingerprint density at radius 1 is 0.970 bits per heavy atom. The summed E-state index contributed by atoms with van der Waals surface area (Å²) in [5, 5.41) is 0.547. The molecule has 0 N–H and O–H groups in total. The molecule has 0 bridgehead atoms. The normalized spacial score (nSPS) is 14.7. The molecule has 4 rings (SSSR count). The topological polar surface area (TPSA) is 91.3 Å². The number of nitrogens with zero attached hydrogens (tertiary/aromatic N) is 1. The second-order valence-electron chi connectivity index (χ2n) is 7.10. The minimum absolute atomic E-state index is 0.00971. The molecule has 0 unspecified atom stereocenters. The van der Waals surface area contributed by atoms with Crippen LogP contribution in [0.15, 0.2) is 82.3 Å². The predicted molar refractivity (Wildman–Crippen MR) is 124 cm³/mol. The summed E-state index contributed by atoms with van der Waals surface area (Å²) < 4.78 is 41.2. The first kappa shape index (κ1) is 22.6. The monoisotopic (exact) mass is 483 g/mol. The fourth-order valence-corrected chi connectivity index (χ4v) is 4.06. The number of methoxy groups -OCH3 is 1.